The topological polar surface area (TPSA) is 73.6 Å². The van der Waals surface area contributed by atoms with Gasteiger partial charge in [-0.25, -0.2) is 4.98 Å². The van der Waals surface area contributed by atoms with Gasteiger partial charge >= 0.3 is 0 Å². The second-order valence-corrected chi connectivity index (χ2v) is 8.68. The summed E-state index contributed by atoms with van der Waals surface area (Å²) in [4.78, 5) is 21.9. The molecule has 5 rings (SSSR count). The molecule has 8 heteroatoms. The zero-order valence-corrected chi connectivity index (χ0v) is 17.5. The van der Waals surface area contributed by atoms with Gasteiger partial charge in [0.2, 0.25) is 0 Å². The Hall–Kier alpha value is -2.35. The van der Waals surface area contributed by atoms with Gasteiger partial charge < -0.3 is 14.6 Å². The lowest BCUT2D eigenvalue weighted by molar-refractivity contribution is 0.0438. The molecule has 158 valence electrons. The number of likely N-dealkylation sites (tertiary alicyclic amines) is 1. The van der Waals surface area contributed by atoms with Crippen LogP contribution in [0.1, 0.15) is 36.0 Å². The molecule has 3 heterocycles. The number of amides is 1. The molecule has 1 aromatic heterocycles. The maximum Gasteiger partial charge on any atom is 0.254 e. The molecule has 7 nitrogen and oxygen atoms in total. The molecule has 2 fully saturated rings. The van der Waals surface area contributed by atoms with E-state index in [0.717, 1.165) is 54.9 Å². The smallest absolute Gasteiger partial charge is 0.254 e. The molecule has 1 saturated heterocycles. The van der Waals surface area contributed by atoms with E-state index in [1.807, 2.05) is 30.5 Å². The van der Waals surface area contributed by atoms with Gasteiger partial charge in [0, 0.05) is 54.1 Å². The molecule has 3 aliphatic rings. The number of nitrogens with zero attached hydrogens (tertiary/aromatic N) is 3. The van der Waals surface area contributed by atoms with Crippen molar-refractivity contribution in [2.45, 2.75) is 44.1 Å². The summed E-state index contributed by atoms with van der Waals surface area (Å²) in [5.74, 6) is 0.852. The highest BCUT2D eigenvalue weighted by Gasteiger charge is 2.39. The Morgan fingerprint density at radius 1 is 1.13 bits per heavy atom. The lowest BCUT2D eigenvalue weighted by Gasteiger charge is -2.42. The predicted octanol–water partition coefficient (Wildman–Crippen LogP) is 2.97. The van der Waals surface area contributed by atoms with E-state index in [1.54, 1.807) is 6.20 Å². The molecule has 1 atom stereocenters. The lowest BCUT2D eigenvalue weighted by atomic mass is 10.0. The molecular weight excluding hydrogens is 402 g/mol. The van der Waals surface area contributed by atoms with Crippen molar-refractivity contribution in [1.82, 2.24) is 25.4 Å². The summed E-state index contributed by atoms with van der Waals surface area (Å²) in [7, 11) is 0. The number of oxazole rings is 1. The Labute approximate surface area is 181 Å². The van der Waals surface area contributed by atoms with Gasteiger partial charge in [-0.1, -0.05) is 23.7 Å². The van der Waals surface area contributed by atoms with Crippen molar-refractivity contribution in [1.29, 1.82) is 0 Å². The van der Waals surface area contributed by atoms with Gasteiger partial charge in [-0.15, -0.1) is 0 Å². The summed E-state index contributed by atoms with van der Waals surface area (Å²) in [6.07, 6.45) is 9.26. The summed E-state index contributed by atoms with van der Waals surface area (Å²) in [6, 6.07) is 8.34. The number of hydrogen-bond donors (Lipinski definition) is 2. The maximum absolute atomic E-state index is 13.4. The van der Waals surface area contributed by atoms with E-state index in [1.165, 1.54) is 6.39 Å². The Morgan fingerprint density at radius 3 is 2.47 bits per heavy atom. The van der Waals surface area contributed by atoms with E-state index in [0.29, 0.717) is 18.3 Å². The summed E-state index contributed by atoms with van der Waals surface area (Å²) in [5, 5.41) is 7.51. The maximum atomic E-state index is 13.4. The highest BCUT2D eigenvalue weighted by atomic mass is 35.5. The molecule has 2 N–H and O–H groups in total. The van der Waals surface area contributed by atoms with Crippen LogP contribution in [0.4, 0.5) is 0 Å². The van der Waals surface area contributed by atoms with Crippen molar-refractivity contribution in [3.05, 3.63) is 53.7 Å². The molecule has 30 heavy (non-hydrogen) atoms. The third-order valence-electron chi connectivity index (χ3n) is 6.14. The Morgan fingerprint density at radius 2 is 1.87 bits per heavy atom. The van der Waals surface area contributed by atoms with Crippen LogP contribution >= 0.6 is 11.6 Å². The quantitative estimate of drug-likeness (QED) is 0.764. The van der Waals surface area contributed by atoms with E-state index >= 15 is 0 Å². The normalized spacial score (nSPS) is 23.0. The van der Waals surface area contributed by atoms with Crippen molar-refractivity contribution < 1.29 is 9.21 Å². The number of rotatable bonds is 5. The molecule has 0 radical (unpaired) electrons. The zero-order valence-electron chi connectivity index (χ0n) is 16.8. The third kappa shape index (κ3) is 4.10. The second-order valence-electron chi connectivity index (χ2n) is 8.20. The first-order valence-corrected chi connectivity index (χ1v) is 11.0. The van der Waals surface area contributed by atoms with Crippen molar-refractivity contribution in [3.63, 3.8) is 0 Å². The summed E-state index contributed by atoms with van der Waals surface area (Å²) in [6.45, 7) is 2.58. The minimum absolute atomic E-state index is 0.113. The van der Waals surface area contributed by atoms with Gasteiger partial charge in [-0.2, -0.15) is 0 Å². The van der Waals surface area contributed by atoms with E-state index in [-0.39, 0.29) is 18.2 Å². The lowest BCUT2D eigenvalue weighted by Crippen LogP contribution is -2.59. The van der Waals surface area contributed by atoms with Crippen LogP contribution < -0.4 is 10.6 Å². The number of benzene rings is 1. The fraction of sp³-hybridized carbons (Fsp3) is 0.455. The molecule has 1 aromatic carbocycles. The van der Waals surface area contributed by atoms with E-state index < -0.39 is 0 Å². The molecule has 0 bridgehead atoms. The number of nitrogens with one attached hydrogen (secondary N) is 2. The minimum Gasteiger partial charge on any atom is -0.444 e. The molecule has 1 saturated carbocycles. The third-order valence-corrected chi connectivity index (χ3v) is 6.39. The number of carbonyl (C=O) groups excluding carboxylic acids is 1. The summed E-state index contributed by atoms with van der Waals surface area (Å²) in [5.41, 5.74) is 1.67. The zero-order chi connectivity index (χ0) is 20.5. The number of piperidine rings is 1. The van der Waals surface area contributed by atoms with Crippen LogP contribution in [0.15, 0.2) is 52.5 Å². The second kappa shape index (κ2) is 8.41. The highest BCUT2D eigenvalue weighted by Crippen LogP contribution is 2.34. The SMILES string of the molecule is O=C(c1ccc(-c2cnco2)cc1)N(C1CC1)C1CCN(C2NC=C(Cl)CN2)CC1. The predicted molar refractivity (Wildman–Crippen MR) is 115 cm³/mol. The number of aromatic nitrogens is 1. The van der Waals surface area contributed by atoms with Crippen molar-refractivity contribution in [3.8, 4) is 11.3 Å². The number of carbonyl (C=O) groups is 1. The van der Waals surface area contributed by atoms with Crippen LogP contribution in [0.2, 0.25) is 0 Å². The largest absolute Gasteiger partial charge is 0.444 e. The minimum atomic E-state index is 0.113. The van der Waals surface area contributed by atoms with Gasteiger partial charge in [-0.05, 0) is 37.8 Å². The van der Waals surface area contributed by atoms with Gasteiger partial charge in [0.25, 0.3) is 5.91 Å². The van der Waals surface area contributed by atoms with Crippen LogP contribution in [0.5, 0.6) is 0 Å². The molecule has 2 aliphatic heterocycles. The van der Waals surface area contributed by atoms with Crippen molar-refractivity contribution in [2.75, 3.05) is 19.6 Å². The number of halogens is 1. The van der Waals surface area contributed by atoms with Crippen LogP contribution in [0.25, 0.3) is 11.3 Å². The van der Waals surface area contributed by atoms with Gasteiger partial charge in [-0.3, -0.25) is 15.0 Å². The van der Waals surface area contributed by atoms with Crippen LogP contribution in [-0.4, -0.2) is 58.7 Å². The van der Waals surface area contributed by atoms with Crippen LogP contribution in [-0.2, 0) is 0 Å². The average molecular weight is 428 g/mol. The van der Waals surface area contributed by atoms with Gasteiger partial charge in [0.15, 0.2) is 12.2 Å². The molecule has 1 amide bonds. The monoisotopic (exact) mass is 427 g/mol. The van der Waals surface area contributed by atoms with Crippen LogP contribution in [0.3, 0.4) is 0 Å². The van der Waals surface area contributed by atoms with E-state index in [2.05, 4.69) is 25.4 Å². The molecule has 2 aromatic rings. The summed E-state index contributed by atoms with van der Waals surface area (Å²) >= 11 is 6.02. The van der Waals surface area contributed by atoms with E-state index in [4.69, 9.17) is 16.0 Å². The standard InChI is InChI=1S/C22H26ClN5O2/c23-17-11-25-22(26-12-17)27-9-7-19(8-10-27)28(18-5-6-18)21(29)16-3-1-15(2-4-16)20-13-24-14-30-20/h1-4,11,13-14,18-19,22,25-26H,5-10,12H2. The fourth-order valence-corrected chi connectivity index (χ4v) is 4.54. The number of hydrogen-bond acceptors (Lipinski definition) is 6. The Bertz CT molecular complexity index is 902. The van der Waals surface area contributed by atoms with Crippen LogP contribution in [0, 0.1) is 0 Å². The van der Waals surface area contributed by atoms with Gasteiger partial charge in [0.1, 0.15) is 6.29 Å². The molecule has 0 spiro atoms. The van der Waals surface area contributed by atoms with Crippen molar-refractivity contribution >= 4 is 17.5 Å². The average Bonchev–Trinajstić information content (AvgIpc) is 3.46. The summed E-state index contributed by atoms with van der Waals surface area (Å²) < 4.78 is 5.34. The molecular formula is C22H26ClN5O2. The van der Waals surface area contributed by atoms with Gasteiger partial charge in [0.05, 0.1) is 6.20 Å². The van der Waals surface area contributed by atoms with E-state index in [9.17, 15) is 4.79 Å². The molecule has 1 aliphatic carbocycles. The molecule has 1 unspecified atom stereocenters. The highest BCUT2D eigenvalue weighted by molar-refractivity contribution is 6.29. The first-order valence-electron chi connectivity index (χ1n) is 10.6. The fourth-order valence-electron chi connectivity index (χ4n) is 4.40. The Kier molecular flexibility index (Phi) is 5.50. The van der Waals surface area contributed by atoms with Crippen molar-refractivity contribution in [2.24, 2.45) is 0 Å². The first kappa shape index (κ1) is 19.6. The Balaban J connectivity index is 1.24. The first-order chi connectivity index (χ1) is 14.7.